The Morgan fingerprint density at radius 1 is 0.684 bits per heavy atom. The van der Waals surface area contributed by atoms with Crippen LogP contribution in [-0.4, -0.2) is 22.7 Å². The van der Waals surface area contributed by atoms with Gasteiger partial charge in [-0.1, -0.05) is 95.0 Å². The summed E-state index contributed by atoms with van der Waals surface area (Å²) in [5.41, 5.74) is 3.47. The van der Waals surface area contributed by atoms with Crippen LogP contribution in [0.1, 0.15) is 102 Å². The van der Waals surface area contributed by atoms with E-state index in [1.807, 2.05) is 30.6 Å². The third-order valence-corrected chi connectivity index (χ3v) is 7.04. The summed E-state index contributed by atoms with van der Waals surface area (Å²) in [6, 6.07) is 18.6. The van der Waals surface area contributed by atoms with E-state index in [0.717, 1.165) is 49.4 Å². The minimum atomic E-state index is 0.291. The van der Waals surface area contributed by atoms with E-state index in [4.69, 9.17) is 9.47 Å². The average molecular weight is 517 g/mol. The molecule has 38 heavy (non-hydrogen) atoms. The van der Waals surface area contributed by atoms with Gasteiger partial charge in [-0.2, -0.15) is 0 Å². The molecule has 0 amide bonds. The predicted molar refractivity (Wildman–Crippen MR) is 158 cm³/mol. The Labute approximate surface area is 231 Å². The Bertz CT molecular complexity index is 974. The van der Waals surface area contributed by atoms with Crippen molar-refractivity contribution in [3.63, 3.8) is 0 Å². The molecule has 1 atom stereocenters. The maximum Gasteiger partial charge on any atom is 0.159 e. The van der Waals surface area contributed by atoms with E-state index in [0.29, 0.717) is 12.7 Å². The number of unbranched alkanes of at least 4 members (excludes halogenated alkanes) is 9. The van der Waals surface area contributed by atoms with E-state index in [2.05, 4.69) is 60.2 Å². The third-order valence-electron chi connectivity index (χ3n) is 7.04. The third kappa shape index (κ3) is 12.2. The van der Waals surface area contributed by atoms with E-state index in [-0.39, 0.29) is 0 Å². The van der Waals surface area contributed by atoms with Gasteiger partial charge in [-0.15, -0.1) is 0 Å². The number of rotatable bonds is 20. The molecule has 0 bridgehead atoms. The minimum Gasteiger partial charge on any atom is -0.494 e. The molecule has 0 saturated carbocycles. The summed E-state index contributed by atoms with van der Waals surface area (Å²) in [7, 11) is 0. The first-order valence-corrected chi connectivity index (χ1v) is 14.9. The van der Waals surface area contributed by atoms with Crippen molar-refractivity contribution in [2.45, 2.75) is 110 Å². The largest absolute Gasteiger partial charge is 0.494 e. The summed E-state index contributed by atoms with van der Waals surface area (Å²) < 4.78 is 11.9. The first kappa shape index (κ1) is 29.8. The molecule has 0 aliphatic heterocycles. The lowest BCUT2D eigenvalue weighted by molar-refractivity contribution is 0.0459. The second-order valence-electron chi connectivity index (χ2n) is 10.5. The summed E-state index contributed by atoms with van der Waals surface area (Å²) in [4.78, 5) is 9.22. The molecule has 1 heterocycles. The maximum absolute atomic E-state index is 5.97. The van der Waals surface area contributed by atoms with Gasteiger partial charge in [0.05, 0.1) is 19.3 Å². The molecule has 1 unspecified atom stereocenters. The summed E-state index contributed by atoms with van der Waals surface area (Å²) in [6.45, 7) is 5.92. The minimum absolute atomic E-state index is 0.291. The molecule has 0 fully saturated rings. The van der Waals surface area contributed by atoms with Crippen LogP contribution in [0.3, 0.4) is 0 Å². The molecular formula is C34H48N2O2. The Balaban J connectivity index is 1.25. The number of nitrogens with zero attached hydrogens (tertiary/aromatic N) is 2. The van der Waals surface area contributed by atoms with E-state index < -0.39 is 0 Å². The number of benzene rings is 2. The molecule has 0 N–H and O–H groups in total. The Hall–Kier alpha value is -2.72. The Kier molecular flexibility index (Phi) is 14.5. The van der Waals surface area contributed by atoms with Crippen molar-refractivity contribution in [1.82, 2.24) is 9.97 Å². The molecule has 0 saturated heterocycles. The zero-order valence-corrected chi connectivity index (χ0v) is 23.7. The highest BCUT2D eigenvalue weighted by molar-refractivity contribution is 5.55. The second kappa shape index (κ2) is 18.5. The predicted octanol–water partition coefficient (Wildman–Crippen LogP) is 9.37. The first-order valence-electron chi connectivity index (χ1n) is 14.9. The highest BCUT2D eigenvalue weighted by atomic mass is 16.5. The maximum atomic E-state index is 5.97. The van der Waals surface area contributed by atoms with Crippen LogP contribution < -0.4 is 4.74 Å². The smallest absolute Gasteiger partial charge is 0.159 e. The molecule has 0 radical (unpaired) electrons. The molecule has 4 nitrogen and oxygen atoms in total. The number of hydrogen-bond acceptors (Lipinski definition) is 4. The lowest BCUT2D eigenvalue weighted by Gasteiger charge is -2.13. The molecule has 0 aliphatic rings. The van der Waals surface area contributed by atoms with Gasteiger partial charge >= 0.3 is 0 Å². The normalized spacial score (nSPS) is 11.9. The van der Waals surface area contributed by atoms with Crippen molar-refractivity contribution in [2.24, 2.45) is 0 Å². The molecule has 0 aliphatic carbocycles. The number of ether oxygens (including phenoxy) is 2. The summed E-state index contributed by atoms with van der Waals surface area (Å²) in [5, 5.41) is 0. The summed E-state index contributed by atoms with van der Waals surface area (Å²) >= 11 is 0. The first-order chi connectivity index (χ1) is 18.7. The van der Waals surface area contributed by atoms with Crippen LogP contribution in [0.25, 0.3) is 11.4 Å². The van der Waals surface area contributed by atoms with Crippen molar-refractivity contribution in [3.8, 4) is 17.1 Å². The molecule has 2 aromatic carbocycles. The van der Waals surface area contributed by atoms with Gasteiger partial charge in [0.25, 0.3) is 0 Å². The summed E-state index contributed by atoms with van der Waals surface area (Å²) in [5.74, 6) is 1.70. The van der Waals surface area contributed by atoms with Crippen LogP contribution in [0.15, 0.2) is 67.0 Å². The van der Waals surface area contributed by atoms with Crippen LogP contribution in [0.5, 0.6) is 5.75 Å². The zero-order valence-electron chi connectivity index (χ0n) is 23.7. The van der Waals surface area contributed by atoms with Crippen LogP contribution in [0.4, 0.5) is 0 Å². The van der Waals surface area contributed by atoms with Crippen molar-refractivity contribution in [1.29, 1.82) is 0 Å². The molecule has 3 rings (SSSR count). The molecule has 4 heteroatoms. The lowest BCUT2D eigenvalue weighted by atomic mass is 10.1. The molecule has 3 aromatic rings. The number of aryl methyl sites for hydroxylation is 1. The highest BCUT2D eigenvalue weighted by Crippen LogP contribution is 2.20. The van der Waals surface area contributed by atoms with Crippen molar-refractivity contribution in [2.75, 3.05) is 6.61 Å². The van der Waals surface area contributed by atoms with Crippen molar-refractivity contribution < 1.29 is 9.47 Å². The molecular weight excluding hydrogens is 468 g/mol. The van der Waals surface area contributed by atoms with Gasteiger partial charge in [0, 0.05) is 18.0 Å². The standard InChI is InChI=1S/C34H48N2O2/c1-3-4-5-6-7-8-9-16-25-37-33-23-21-32(22-24-33)34-35-26-31(27-36-34)20-15-10-12-17-29(2)38-28-30-18-13-11-14-19-30/h11,13-14,18-19,21-24,26-27,29H,3-10,12,15-17,20,25,28H2,1-2H3. The Morgan fingerprint density at radius 2 is 1.34 bits per heavy atom. The van der Waals surface area contributed by atoms with Crippen LogP contribution >= 0.6 is 0 Å². The van der Waals surface area contributed by atoms with Gasteiger partial charge in [0.2, 0.25) is 0 Å². The number of aromatic nitrogens is 2. The van der Waals surface area contributed by atoms with E-state index in [9.17, 15) is 0 Å². The fourth-order valence-electron chi connectivity index (χ4n) is 4.59. The topological polar surface area (TPSA) is 44.2 Å². The van der Waals surface area contributed by atoms with E-state index in [1.165, 1.54) is 68.9 Å². The van der Waals surface area contributed by atoms with Crippen LogP contribution in [0, 0.1) is 0 Å². The van der Waals surface area contributed by atoms with Crippen LogP contribution in [-0.2, 0) is 17.8 Å². The van der Waals surface area contributed by atoms with E-state index in [1.54, 1.807) is 0 Å². The van der Waals surface area contributed by atoms with Crippen molar-refractivity contribution >= 4 is 0 Å². The summed E-state index contributed by atoms with van der Waals surface area (Å²) in [6.07, 6.45) is 20.4. The number of hydrogen-bond donors (Lipinski definition) is 0. The van der Waals surface area contributed by atoms with E-state index >= 15 is 0 Å². The second-order valence-corrected chi connectivity index (χ2v) is 10.5. The van der Waals surface area contributed by atoms with Crippen LogP contribution in [0.2, 0.25) is 0 Å². The zero-order chi connectivity index (χ0) is 26.7. The highest BCUT2D eigenvalue weighted by Gasteiger charge is 2.05. The molecule has 1 aromatic heterocycles. The van der Waals surface area contributed by atoms with Gasteiger partial charge in [-0.05, 0) is 68.0 Å². The monoisotopic (exact) mass is 516 g/mol. The van der Waals surface area contributed by atoms with Gasteiger partial charge in [0.15, 0.2) is 5.82 Å². The fraction of sp³-hybridized carbons (Fsp3) is 0.529. The van der Waals surface area contributed by atoms with Crippen molar-refractivity contribution in [3.05, 3.63) is 78.1 Å². The average Bonchev–Trinajstić information content (AvgIpc) is 2.96. The Morgan fingerprint density at radius 3 is 2.05 bits per heavy atom. The van der Waals surface area contributed by atoms with Gasteiger partial charge in [-0.25, -0.2) is 9.97 Å². The molecule has 206 valence electrons. The quantitative estimate of drug-likeness (QED) is 0.140. The lowest BCUT2D eigenvalue weighted by Crippen LogP contribution is -2.08. The fourth-order valence-corrected chi connectivity index (χ4v) is 4.59. The van der Waals surface area contributed by atoms with Gasteiger partial charge < -0.3 is 9.47 Å². The SMILES string of the molecule is CCCCCCCCCCOc1ccc(-c2ncc(CCCCCC(C)OCc3ccccc3)cn2)cc1. The van der Waals surface area contributed by atoms with Gasteiger partial charge in [-0.3, -0.25) is 0 Å². The molecule has 0 spiro atoms. The van der Waals surface area contributed by atoms with Gasteiger partial charge in [0.1, 0.15) is 5.75 Å².